The van der Waals surface area contributed by atoms with E-state index in [1.807, 2.05) is 19.1 Å². The third kappa shape index (κ3) is 3.91. The van der Waals surface area contributed by atoms with Gasteiger partial charge < -0.3 is 0 Å². The summed E-state index contributed by atoms with van der Waals surface area (Å²) < 4.78 is 27.0. The molecule has 3 nitrogen and oxygen atoms in total. The Morgan fingerprint density at radius 1 is 1.32 bits per heavy atom. The van der Waals surface area contributed by atoms with Gasteiger partial charge in [-0.15, -0.1) is 0 Å². The molecule has 0 spiro atoms. The predicted octanol–water partition coefficient (Wildman–Crippen LogP) is 3.02. The maximum atomic E-state index is 12.1. The highest BCUT2D eigenvalue weighted by Gasteiger charge is 2.19. The van der Waals surface area contributed by atoms with E-state index in [9.17, 15) is 8.42 Å². The van der Waals surface area contributed by atoms with Crippen molar-refractivity contribution in [3.63, 3.8) is 0 Å². The summed E-state index contributed by atoms with van der Waals surface area (Å²) in [6.07, 6.45) is 4.23. The SMILES string of the molecule is C=C1CCC[C@@H](CNS(=O)(=O)c2ccc(C)cc2)C1. The lowest BCUT2D eigenvalue weighted by Gasteiger charge is -2.23. The average Bonchev–Trinajstić information content (AvgIpc) is 2.37. The van der Waals surface area contributed by atoms with E-state index in [1.54, 1.807) is 12.1 Å². The van der Waals surface area contributed by atoms with Crippen LogP contribution >= 0.6 is 0 Å². The van der Waals surface area contributed by atoms with Gasteiger partial charge in [-0.2, -0.15) is 0 Å². The smallest absolute Gasteiger partial charge is 0.211 e. The van der Waals surface area contributed by atoms with Gasteiger partial charge in [-0.1, -0.05) is 29.8 Å². The van der Waals surface area contributed by atoms with Crippen molar-refractivity contribution in [3.05, 3.63) is 42.0 Å². The fourth-order valence-electron chi connectivity index (χ4n) is 2.46. The first-order valence-corrected chi connectivity index (χ1v) is 8.19. The van der Waals surface area contributed by atoms with Crippen molar-refractivity contribution in [1.82, 2.24) is 4.72 Å². The monoisotopic (exact) mass is 279 g/mol. The zero-order valence-electron chi connectivity index (χ0n) is 11.4. The largest absolute Gasteiger partial charge is 0.240 e. The molecule has 0 aliphatic heterocycles. The maximum Gasteiger partial charge on any atom is 0.240 e. The predicted molar refractivity (Wildman–Crippen MR) is 77.5 cm³/mol. The third-order valence-corrected chi connectivity index (χ3v) is 5.05. The van der Waals surface area contributed by atoms with Crippen LogP contribution in [-0.4, -0.2) is 15.0 Å². The summed E-state index contributed by atoms with van der Waals surface area (Å²) in [4.78, 5) is 0.340. The van der Waals surface area contributed by atoms with Crippen molar-refractivity contribution >= 4 is 10.0 Å². The minimum absolute atomic E-state index is 0.340. The van der Waals surface area contributed by atoms with Gasteiger partial charge in [0.2, 0.25) is 10.0 Å². The Labute approximate surface area is 115 Å². The molecule has 1 aromatic carbocycles. The molecule has 1 aliphatic rings. The minimum atomic E-state index is -3.37. The highest BCUT2D eigenvalue weighted by Crippen LogP contribution is 2.26. The molecule has 1 aromatic rings. The molecule has 1 aliphatic carbocycles. The molecule has 0 bridgehead atoms. The van der Waals surface area contributed by atoms with Crippen LogP contribution < -0.4 is 4.72 Å². The Balaban J connectivity index is 1.97. The van der Waals surface area contributed by atoms with Gasteiger partial charge in [0.25, 0.3) is 0 Å². The van der Waals surface area contributed by atoms with Gasteiger partial charge in [-0.05, 0) is 50.7 Å². The molecule has 2 rings (SSSR count). The van der Waals surface area contributed by atoms with Crippen LogP contribution in [0.4, 0.5) is 0 Å². The fourth-order valence-corrected chi connectivity index (χ4v) is 3.57. The average molecular weight is 279 g/mol. The zero-order valence-corrected chi connectivity index (χ0v) is 12.2. The highest BCUT2D eigenvalue weighted by atomic mass is 32.2. The Bertz CT molecular complexity index is 546. The number of rotatable bonds is 4. The summed E-state index contributed by atoms with van der Waals surface area (Å²) in [7, 11) is -3.37. The van der Waals surface area contributed by atoms with Crippen molar-refractivity contribution in [1.29, 1.82) is 0 Å². The lowest BCUT2D eigenvalue weighted by atomic mass is 9.86. The summed E-state index contributed by atoms with van der Waals surface area (Å²) in [6.45, 7) is 6.45. The molecular formula is C15H21NO2S. The molecule has 0 radical (unpaired) electrons. The van der Waals surface area contributed by atoms with Crippen molar-refractivity contribution < 1.29 is 8.42 Å². The molecule has 0 unspecified atom stereocenters. The Morgan fingerprint density at radius 3 is 2.63 bits per heavy atom. The molecule has 0 heterocycles. The van der Waals surface area contributed by atoms with Crippen LogP contribution in [0.5, 0.6) is 0 Å². The van der Waals surface area contributed by atoms with Crippen LogP contribution in [0.1, 0.15) is 31.2 Å². The molecule has 0 saturated heterocycles. The first kappa shape index (κ1) is 14.3. The van der Waals surface area contributed by atoms with E-state index in [1.165, 1.54) is 5.57 Å². The molecule has 1 N–H and O–H groups in total. The van der Waals surface area contributed by atoms with Crippen molar-refractivity contribution in [2.45, 2.75) is 37.5 Å². The standard InChI is InChI=1S/C15H21NO2S/c1-12-6-8-15(9-7-12)19(17,18)16-11-14-5-3-4-13(2)10-14/h6-9,14,16H,2-5,10-11H2,1H3/t14-/m1/s1. The second-order valence-electron chi connectivity index (χ2n) is 5.38. The number of nitrogens with one attached hydrogen (secondary N) is 1. The van der Waals surface area contributed by atoms with Gasteiger partial charge in [0.05, 0.1) is 4.90 Å². The molecule has 0 amide bonds. The van der Waals surface area contributed by atoms with E-state index in [2.05, 4.69) is 11.3 Å². The summed E-state index contributed by atoms with van der Waals surface area (Å²) >= 11 is 0. The van der Waals surface area contributed by atoms with Crippen molar-refractivity contribution in [3.8, 4) is 0 Å². The number of aryl methyl sites for hydroxylation is 1. The Morgan fingerprint density at radius 2 is 2.00 bits per heavy atom. The van der Waals surface area contributed by atoms with Crippen molar-refractivity contribution in [2.24, 2.45) is 5.92 Å². The normalized spacial score (nSPS) is 20.5. The lowest BCUT2D eigenvalue weighted by Crippen LogP contribution is -2.30. The van der Waals surface area contributed by atoms with Crippen molar-refractivity contribution in [2.75, 3.05) is 6.54 Å². The summed E-state index contributed by atoms with van der Waals surface area (Å²) in [5, 5.41) is 0. The second-order valence-corrected chi connectivity index (χ2v) is 7.14. The van der Waals surface area contributed by atoms with Crippen LogP contribution in [0.15, 0.2) is 41.3 Å². The van der Waals surface area contributed by atoms with E-state index in [-0.39, 0.29) is 0 Å². The zero-order chi connectivity index (χ0) is 13.9. The quantitative estimate of drug-likeness (QED) is 0.861. The van der Waals surface area contributed by atoms with E-state index in [0.717, 1.165) is 31.2 Å². The summed E-state index contributed by atoms with van der Waals surface area (Å²) in [5.41, 5.74) is 2.30. The lowest BCUT2D eigenvalue weighted by molar-refractivity contribution is 0.414. The van der Waals surface area contributed by atoms with Crippen LogP contribution in [0.3, 0.4) is 0 Å². The van der Waals surface area contributed by atoms with Gasteiger partial charge in [0.1, 0.15) is 0 Å². The van der Waals surface area contributed by atoms with Gasteiger partial charge in [-0.3, -0.25) is 0 Å². The van der Waals surface area contributed by atoms with Crippen LogP contribution in [0, 0.1) is 12.8 Å². The van der Waals surface area contributed by atoms with E-state index in [4.69, 9.17) is 0 Å². The Kier molecular flexibility index (Phi) is 4.42. The fraction of sp³-hybridized carbons (Fsp3) is 0.467. The topological polar surface area (TPSA) is 46.2 Å². The Hall–Kier alpha value is -1.13. The third-order valence-electron chi connectivity index (χ3n) is 3.61. The molecular weight excluding hydrogens is 258 g/mol. The number of allylic oxidation sites excluding steroid dienone is 1. The molecule has 1 fully saturated rings. The first-order valence-electron chi connectivity index (χ1n) is 6.70. The number of benzene rings is 1. The molecule has 4 heteroatoms. The molecule has 104 valence electrons. The maximum absolute atomic E-state index is 12.1. The summed E-state index contributed by atoms with van der Waals surface area (Å²) in [5.74, 6) is 0.390. The molecule has 0 aromatic heterocycles. The first-order chi connectivity index (χ1) is 8.97. The molecule has 19 heavy (non-hydrogen) atoms. The van der Waals surface area contributed by atoms with Gasteiger partial charge in [0.15, 0.2) is 0 Å². The van der Waals surface area contributed by atoms with E-state index in [0.29, 0.717) is 17.4 Å². The van der Waals surface area contributed by atoms with Crippen LogP contribution in [0.25, 0.3) is 0 Å². The van der Waals surface area contributed by atoms with Crippen LogP contribution in [0.2, 0.25) is 0 Å². The van der Waals surface area contributed by atoms with E-state index < -0.39 is 10.0 Å². The number of sulfonamides is 1. The second kappa shape index (κ2) is 5.88. The highest BCUT2D eigenvalue weighted by molar-refractivity contribution is 7.89. The van der Waals surface area contributed by atoms with Gasteiger partial charge in [0, 0.05) is 6.54 Å². The summed E-state index contributed by atoms with van der Waals surface area (Å²) in [6, 6.07) is 6.93. The minimum Gasteiger partial charge on any atom is -0.211 e. The molecule has 1 atom stereocenters. The molecule has 1 saturated carbocycles. The van der Waals surface area contributed by atoms with E-state index >= 15 is 0 Å². The van der Waals surface area contributed by atoms with Gasteiger partial charge in [-0.25, -0.2) is 13.1 Å². The number of hydrogen-bond acceptors (Lipinski definition) is 2. The van der Waals surface area contributed by atoms with Gasteiger partial charge >= 0.3 is 0 Å². The number of hydrogen-bond donors (Lipinski definition) is 1. The van der Waals surface area contributed by atoms with Crippen LogP contribution in [-0.2, 0) is 10.0 Å².